The topological polar surface area (TPSA) is 75.4 Å². The van der Waals surface area contributed by atoms with Gasteiger partial charge >= 0.3 is 0 Å². The van der Waals surface area contributed by atoms with Crippen LogP contribution >= 0.6 is 11.3 Å². The minimum Gasteiger partial charge on any atom is -0.472 e. The molecule has 0 spiro atoms. The molecule has 1 N–H and O–H groups in total. The molecule has 3 heterocycles. The number of fused-ring (bicyclic) bond motifs is 1. The lowest BCUT2D eigenvalue weighted by molar-refractivity contribution is -0.126. The maximum Gasteiger partial charge on any atom is 0.257 e. The van der Waals surface area contributed by atoms with Crippen LogP contribution in [0.25, 0.3) is 10.2 Å². The first-order valence-electron chi connectivity index (χ1n) is 10.8. The lowest BCUT2D eigenvalue weighted by Gasteiger charge is -2.34. The first kappa shape index (κ1) is 20.0. The minimum absolute atomic E-state index is 0.00755. The van der Waals surface area contributed by atoms with E-state index in [-0.39, 0.29) is 29.7 Å². The fourth-order valence-corrected chi connectivity index (χ4v) is 5.68. The monoisotopic (exact) mass is 435 g/mol. The second-order valence-electron chi connectivity index (χ2n) is 8.26. The molecular weight excluding hydrogens is 410 g/mol. The van der Waals surface area contributed by atoms with Gasteiger partial charge in [0, 0.05) is 25.0 Å². The summed E-state index contributed by atoms with van der Waals surface area (Å²) in [7, 11) is 0. The fraction of sp³-hybridized carbons (Fsp3) is 0.375. The number of amides is 2. The Kier molecular flexibility index (Phi) is 5.59. The number of para-hydroxylation sites is 1. The summed E-state index contributed by atoms with van der Waals surface area (Å²) < 4.78 is 6.19. The number of benzene rings is 1. The van der Waals surface area contributed by atoms with Crippen LogP contribution in [0.2, 0.25) is 0 Å². The van der Waals surface area contributed by atoms with Crippen molar-refractivity contribution in [3.63, 3.8) is 0 Å². The van der Waals surface area contributed by atoms with Crippen molar-refractivity contribution in [3.05, 3.63) is 65.6 Å². The number of hydrogen-bond acceptors (Lipinski definition) is 5. The van der Waals surface area contributed by atoms with Crippen LogP contribution in [0.4, 0.5) is 0 Å². The van der Waals surface area contributed by atoms with Gasteiger partial charge in [0.15, 0.2) is 0 Å². The standard InChI is InChI=1S/C24H25N3O3S/c28-22(25-17-9-12-27(13-10-17)24(29)16-11-14-30-15-16)18-5-1-2-6-19(18)23-26-20-7-3-4-8-21(20)31-23/h1-4,7-8,11,14-15,17-19H,5-6,9-10,12-13H2,(H,25,28)/t18-,19+/m0/s1. The van der Waals surface area contributed by atoms with Crippen molar-refractivity contribution in [3.8, 4) is 0 Å². The van der Waals surface area contributed by atoms with Gasteiger partial charge in [-0.2, -0.15) is 0 Å². The third-order valence-electron chi connectivity index (χ3n) is 6.29. The molecule has 1 fully saturated rings. The number of allylic oxidation sites excluding steroid dienone is 2. The van der Waals surface area contributed by atoms with Gasteiger partial charge < -0.3 is 14.6 Å². The zero-order valence-electron chi connectivity index (χ0n) is 17.2. The van der Waals surface area contributed by atoms with Crippen LogP contribution in [0, 0.1) is 5.92 Å². The molecular formula is C24H25N3O3S. The Balaban J connectivity index is 1.22. The second kappa shape index (κ2) is 8.67. The summed E-state index contributed by atoms with van der Waals surface area (Å²) in [4.78, 5) is 32.3. The molecule has 0 unspecified atom stereocenters. The molecule has 3 aromatic rings. The van der Waals surface area contributed by atoms with Crippen molar-refractivity contribution >= 4 is 33.4 Å². The molecule has 2 atom stereocenters. The van der Waals surface area contributed by atoms with Gasteiger partial charge in [0.25, 0.3) is 5.91 Å². The summed E-state index contributed by atoms with van der Waals surface area (Å²) in [5, 5.41) is 4.31. The summed E-state index contributed by atoms with van der Waals surface area (Å²) in [5.74, 6) is 0.112. The van der Waals surface area contributed by atoms with Crippen LogP contribution in [0.5, 0.6) is 0 Å². The third-order valence-corrected chi connectivity index (χ3v) is 7.46. The van der Waals surface area contributed by atoms with Crippen molar-refractivity contribution in [2.45, 2.75) is 37.6 Å². The van der Waals surface area contributed by atoms with Crippen molar-refractivity contribution in [1.29, 1.82) is 0 Å². The number of rotatable bonds is 4. The van der Waals surface area contributed by atoms with Crippen molar-refractivity contribution in [1.82, 2.24) is 15.2 Å². The average Bonchev–Trinajstić information content (AvgIpc) is 3.49. The van der Waals surface area contributed by atoms with E-state index in [0.29, 0.717) is 18.7 Å². The SMILES string of the molecule is O=C(NC1CCN(C(=O)c2ccoc2)CC1)[C@H]1CC=CC[C@H]1c1nc2ccccc2s1. The summed E-state index contributed by atoms with van der Waals surface area (Å²) in [6, 6.07) is 9.93. The normalized spacial score (nSPS) is 22.0. The van der Waals surface area contributed by atoms with E-state index in [2.05, 4.69) is 23.5 Å². The van der Waals surface area contributed by atoms with Crippen LogP contribution in [0.15, 0.2) is 59.4 Å². The third kappa shape index (κ3) is 4.14. The maximum absolute atomic E-state index is 13.2. The number of piperidine rings is 1. The molecule has 5 rings (SSSR count). The Morgan fingerprint density at radius 3 is 2.68 bits per heavy atom. The quantitative estimate of drug-likeness (QED) is 0.618. The first-order chi connectivity index (χ1) is 15.2. The van der Waals surface area contributed by atoms with Crippen LogP contribution in [-0.2, 0) is 4.79 Å². The molecule has 1 aliphatic heterocycles. The highest BCUT2D eigenvalue weighted by Crippen LogP contribution is 2.38. The summed E-state index contributed by atoms with van der Waals surface area (Å²) >= 11 is 1.70. The van der Waals surface area contributed by atoms with E-state index in [4.69, 9.17) is 9.40 Å². The Bertz CT molecular complexity index is 1060. The zero-order chi connectivity index (χ0) is 21.2. The molecule has 31 heavy (non-hydrogen) atoms. The largest absolute Gasteiger partial charge is 0.472 e. The zero-order valence-corrected chi connectivity index (χ0v) is 18.0. The van der Waals surface area contributed by atoms with Crippen molar-refractivity contribution < 1.29 is 14.0 Å². The molecule has 2 aromatic heterocycles. The van der Waals surface area contributed by atoms with E-state index in [1.807, 2.05) is 23.1 Å². The predicted molar refractivity (Wildman–Crippen MR) is 120 cm³/mol. The number of likely N-dealkylation sites (tertiary alicyclic amines) is 1. The lowest BCUT2D eigenvalue weighted by Crippen LogP contribution is -2.48. The summed E-state index contributed by atoms with van der Waals surface area (Å²) in [5.41, 5.74) is 1.58. The summed E-state index contributed by atoms with van der Waals surface area (Å²) in [6.07, 6.45) is 10.4. The van der Waals surface area contributed by atoms with E-state index >= 15 is 0 Å². The van der Waals surface area contributed by atoms with E-state index in [9.17, 15) is 9.59 Å². The van der Waals surface area contributed by atoms with Gasteiger partial charge in [-0.05, 0) is 43.9 Å². The number of carbonyl (C=O) groups is 2. The number of nitrogens with one attached hydrogen (secondary N) is 1. The Hall–Kier alpha value is -2.93. The Morgan fingerprint density at radius 1 is 1.10 bits per heavy atom. The van der Waals surface area contributed by atoms with Gasteiger partial charge in [-0.25, -0.2) is 4.98 Å². The molecule has 7 heteroatoms. The molecule has 160 valence electrons. The number of aromatic nitrogens is 1. The molecule has 1 aromatic carbocycles. The smallest absolute Gasteiger partial charge is 0.257 e. The van der Waals surface area contributed by atoms with Gasteiger partial charge in [0.05, 0.1) is 33.0 Å². The van der Waals surface area contributed by atoms with Crippen molar-refractivity contribution in [2.24, 2.45) is 5.92 Å². The molecule has 0 saturated carbocycles. The van der Waals surface area contributed by atoms with Crippen LogP contribution in [-0.4, -0.2) is 40.8 Å². The molecule has 2 amide bonds. The van der Waals surface area contributed by atoms with Gasteiger partial charge in [-0.1, -0.05) is 24.3 Å². The number of nitrogens with zero attached hydrogens (tertiary/aromatic N) is 2. The van der Waals surface area contributed by atoms with E-state index in [1.54, 1.807) is 17.4 Å². The van der Waals surface area contributed by atoms with Crippen LogP contribution in [0.1, 0.15) is 47.0 Å². The van der Waals surface area contributed by atoms with E-state index in [1.165, 1.54) is 17.2 Å². The molecule has 1 aliphatic carbocycles. The predicted octanol–water partition coefficient (Wildman–Crippen LogP) is 4.36. The minimum atomic E-state index is -0.101. The van der Waals surface area contributed by atoms with E-state index in [0.717, 1.165) is 36.2 Å². The molecule has 0 radical (unpaired) electrons. The average molecular weight is 436 g/mol. The van der Waals surface area contributed by atoms with Gasteiger partial charge in [-0.3, -0.25) is 9.59 Å². The van der Waals surface area contributed by atoms with Gasteiger partial charge in [-0.15, -0.1) is 11.3 Å². The van der Waals surface area contributed by atoms with E-state index < -0.39 is 0 Å². The van der Waals surface area contributed by atoms with Gasteiger partial charge in [0.1, 0.15) is 6.26 Å². The van der Waals surface area contributed by atoms with Crippen LogP contribution < -0.4 is 5.32 Å². The highest BCUT2D eigenvalue weighted by atomic mass is 32.1. The number of thiazole rings is 1. The fourth-order valence-electron chi connectivity index (χ4n) is 4.53. The maximum atomic E-state index is 13.2. The number of carbonyl (C=O) groups excluding carboxylic acids is 2. The second-order valence-corrected chi connectivity index (χ2v) is 9.32. The van der Waals surface area contributed by atoms with Crippen LogP contribution in [0.3, 0.4) is 0 Å². The summed E-state index contributed by atoms with van der Waals surface area (Å²) in [6.45, 7) is 1.28. The van der Waals surface area contributed by atoms with Crippen molar-refractivity contribution in [2.75, 3.05) is 13.1 Å². The molecule has 2 aliphatic rings. The highest BCUT2D eigenvalue weighted by molar-refractivity contribution is 7.18. The molecule has 1 saturated heterocycles. The molecule has 6 nitrogen and oxygen atoms in total. The highest BCUT2D eigenvalue weighted by Gasteiger charge is 2.34. The Morgan fingerprint density at radius 2 is 1.90 bits per heavy atom. The molecule has 0 bridgehead atoms. The van der Waals surface area contributed by atoms with Gasteiger partial charge in [0.2, 0.25) is 5.91 Å². The lowest BCUT2D eigenvalue weighted by atomic mass is 9.82. The Labute approximate surface area is 185 Å². The number of hydrogen-bond donors (Lipinski definition) is 1. The first-order valence-corrected chi connectivity index (χ1v) is 11.6. The number of furan rings is 1.